The highest BCUT2D eigenvalue weighted by molar-refractivity contribution is 5.89. The number of amides is 2. The van der Waals surface area contributed by atoms with E-state index in [0.29, 0.717) is 29.4 Å². The molecule has 0 saturated heterocycles. The van der Waals surface area contributed by atoms with Gasteiger partial charge in [-0.1, -0.05) is 43.3 Å². The maximum atomic E-state index is 13.5. The van der Waals surface area contributed by atoms with Crippen molar-refractivity contribution in [3.05, 3.63) is 89.0 Å². The van der Waals surface area contributed by atoms with Gasteiger partial charge in [0.2, 0.25) is 11.8 Å². The molecule has 0 bridgehead atoms. The highest BCUT2D eigenvalue weighted by atomic mass is 16.5. The summed E-state index contributed by atoms with van der Waals surface area (Å²) in [4.78, 5) is 26.6. The molecule has 2 atom stereocenters. The molecule has 0 aliphatic heterocycles. The van der Waals surface area contributed by atoms with E-state index in [9.17, 15) is 9.59 Å². The zero-order chi connectivity index (χ0) is 27.5. The average molecular weight is 521 g/mol. The van der Waals surface area contributed by atoms with Crippen molar-refractivity contribution in [2.24, 2.45) is 0 Å². The van der Waals surface area contributed by atoms with Crippen molar-refractivity contribution >= 4 is 11.8 Å². The Labute approximate surface area is 224 Å². The summed E-state index contributed by atoms with van der Waals surface area (Å²) >= 11 is 0. The Morgan fingerprint density at radius 1 is 0.789 bits per heavy atom. The molecule has 2 N–H and O–H groups in total. The molecule has 0 spiro atoms. The van der Waals surface area contributed by atoms with Crippen LogP contribution in [0.2, 0.25) is 0 Å². The van der Waals surface area contributed by atoms with Crippen LogP contribution in [0.1, 0.15) is 47.6 Å². The van der Waals surface area contributed by atoms with E-state index in [1.165, 1.54) is 0 Å². The predicted molar refractivity (Wildman–Crippen MR) is 145 cm³/mol. The molecule has 0 fully saturated rings. The lowest BCUT2D eigenvalue weighted by molar-refractivity contribution is -0.129. The summed E-state index contributed by atoms with van der Waals surface area (Å²) in [7, 11) is 6.30. The van der Waals surface area contributed by atoms with Crippen LogP contribution in [0.3, 0.4) is 0 Å². The molecule has 2 amide bonds. The predicted octanol–water partition coefficient (Wildman–Crippen LogP) is 4.53. The van der Waals surface area contributed by atoms with Gasteiger partial charge in [0.25, 0.3) is 0 Å². The first-order valence-corrected chi connectivity index (χ1v) is 12.4. The fourth-order valence-corrected chi connectivity index (χ4v) is 4.23. The van der Waals surface area contributed by atoms with Crippen molar-refractivity contribution in [3.8, 4) is 17.2 Å². The zero-order valence-corrected chi connectivity index (χ0v) is 22.6. The molecule has 8 heteroatoms. The van der Waals surface area contributed by atoms with Gasteiger partial charge < -0.3 is 29.6 Å². The van der Waals surface area contributed by atoms with E-state index in [0.717, 1.165) is 16.7 Å². The fourth-order valence-electron chi connectivity index (χ4n) is 4.23. The Morgan fingerprint density at radius 3 is 2.18 bits per heavy atom. The van der Waals surface area contributed by atoms with Gasteiger partial charge in [0.15, 0.2) is 0 Å². The van der Waals surface area contributed by atoms with Crippen molar-refractivity contribution in [3.63, 3.8) is 0 Å². The second kappa shape index (κ2) is 14.0. The number of benzene rings is 3. The molecule has 0 radical (unpaired) electrons. The van der Waals surface area contributed by atoms with Gasteiger partial charge in [-0.15, -0.1) is 0 Å². The molecule has 38 heavy (non-hydrogen) atoms. The summed E-state index contributed by atoms with van der Waals surface area (Å²) < 4.78 is 21.4. The van der Waals surface area contributed by atoms with Gasteiger partial charge in [0.05, 0.1) is 27.9 Å². The molecule has 202 valence electrons. The molecule has 3 rings (SSSR count). The third-order valence-corrected chi connectivity index (χ3v) is 6.31. The SMILES string of the molecule is COCc1cc(C(NC(=O)CC(C)c2ccccc2)C(=O)NCc2ccc(OC)cc2OC)ccc1OC. The van der Waals surface area contributed by atoms with Crippen LogP contribution in [-0.2, 0) is 27.5 Å². The number of carbonyl (C=O) groups excluding carboxylic acids is 2. The van der Waals surface area contributed by atoms with Crippen LogP contribution in [0, 0.1) is 0 Å². The van der Waals surface area contributed by atoms with Crippen LogP contribution < -0.4 is 24.8 Å². The van der Waals surface area contributed by atoms with Crippen LogP contribution in [0.4, 0.5) is 0 Å². The smallest absolute Gasteiger partial charge is 0.247 e. The van der Waals surface area contributed by atoms with E-state index < -0.39 is 6.04 Å². The standard InChI is InChI=1S/C30H36N2O6/c1-20(21-9-7-6-8-10-21)15-28(33)32-29(22-12-14-26(37-4)24(16-22)19-35-2)30(34)31-18-23-11-13-25(36-3)17-27(23)38-5/h6-14,16-17,20,29H,15,18-19H2,1-5H3,(H,31,34)(H,32,33). The first-order valence-electron chi connectivity index (χ1n) is 12.4. The number of methoxy groups -OCH3 is 4. The minimum absolute atomic E-state index is 0.0107. The van der Waals surface area contributed by atoms with Gasteiger partial charge in [-0.3, -0.25) is 9.59 Å². The molecule has 0 aliphatic carbocycles. The lowest BCUT2D eigenvalue weighted by Gasteiger charge is -2.22. The Hall–Kier alpha value is -4.04. The minimum atomic E-state index is -0.920. The van der Waals surface area contributed by atoms with Crippen molar-refractivity contribution < 1.29 is 28.5 Å². The number of hydrogen-bond donors (Lipinski definition) is 2. The molecule has 3 aromatic rings. The van der Waals surface area contributed by atoms with Gasteiger partial charge in [0.1, 0.15) is 23.3 Å². The number of ether oxygens (including phenoxy) is 4. The van der Waals surface area contributed by atoms with Gasteiger partial charge in [-0.05, 0) is 41.3 Å². The highest BCUT2D eigenvalue weighted by Gasteiger charge is 2.25. The largest absolute Gasteiger partial charge is 0.497 e. The number of carbonyl (C=O) groups is 2. The van der Waals surface area contributed by atoms with Crippen molar-refractivity contribution in [2.45, 2.75) is 38.5 Å². The summed E-state index contributed by atoms with van der Waals surface area (Å²) in [5.41, 5.74) is 3.23. The van der Waals surface area contributed by atoms with Gasteiger partial charge in [-0.2, -0.15) is 0 Å². The lowest BCUT2D eigenvalue weighted by atomic mass is 9.96. The van der Waals surface area contributed by atoms with Gasteiger partial charge >= 0.3 is 0 Å². The first-order chi connectivity index (χ1) is 18.4. The maximum absolute atomic E-state index is 13.5. The van der Waals surface area contributed by atoms with E-state index in [1.54, 1.807) is 52.7 Å². The summed E-state index contributed by atoms with van der Waals surface area (Å²) in [6.45, 7) is 2.50. The van der Waals surface area contributed by atoms with E-state index in [2.05, 4.69) is 10.6 Å². The minimum Gasteiger partial charge on any atom is -0.497 e. The summed E-state index contributed by atoms with van der Waals surface area (Å²) in [6.07, 6.45) is 0.237. The fraction of sp³-hybridized carbons (Fsp3) is 0.333. The Morgan fingerprint density at radius 2 is 1.53 bits per heavy atom. The summed E-state index contributed by atoms with van der Waals surface area (Å²) in [5.74, 6) is 1.29. The van der Waals surface area contributed by atoms with E-state index in [1.807, 2.05) is 49.4 Å². The second-order valence-electron chi connectivity index (χ2n) is 8.92. The Balaban J connectivity index is 1.83. The van der Waals surface area contributed by atoms with Crippen molar-refractivity contribution in [1.82, 2.24) is 10.6 Å². The van der Waals surface area contributed by atoms with Crippen LogP contribution in [0.15, 0.2) is 66.7 Å². The van der Waals surface area contributed by atoms with E-state index in [-0.39, 0.29) is 30.7 Å². The lowest BCUT2D eigenvalue weighted by Crippen LogP contribution is -2.40. The molecule has 8 nitrogen and oxygen atoms in total. The molecular formula is C30H36N2O6. The average Bonchev–Trinajstić information content (AvgIpc) is 2.95. The third kappa shape index (κ3) is 7.49. The third-order valence-electron chi connectivity index (χ3n) is 6.31. The molecule has 0 saturated carbocycles. The zero-order valence-electron chi connectivity index (χ0n) is 22.6. The number of rotatable bonds is 13. The van der Waals surface area contributed by atoms with Crippen molar-refractivity contribution in [2.75, 3.05) is 28.4 Å². The highest BCUT2D eigenvalue weighted by Crippen LogP contribution is 2.27. The Kier molecular flexibility index (Phi) is 10.5. The molecular weight excluding hydrogens is 484 g/mol. The van der Waals surface area contributed by atoms with Crippen molar-refractivity contribution in [1.29, 1.82) is 0 Å². The molecule has 3 aromatic carbocycles. The van der Waals surface area contributed by atoms with E-state index >= 15 is 0 Å². The van der Waals surface area contributed by atoms with Gasteiger partial charge in [-0.25, -0.2) is 0 Å². The normalized spacial score (nSPS) is 12.2. The summed E-state index contributed by atoms with van der Waals surface area (Å²) in [5, 5.41) is 5.88. The number of hydrogen-bond acceptors (Lipinski definition) is 6. The van der Waals surface area contributed by atoms with Gasteiger partial charge in [0, 0.05) is 37.3 Å². The molecule has 0 aromatic heterocycles. The Bertz CT molecular complexity index is 1210. The van der Waals surface area contributed by atoms with Crippen LogP contribution in [-0.4, -0.2) is 40.3 Å². The van der Waals surface area contributed by atoms with Crippen LogP contribution in [0.5, 0.6) is 17.2 Å². The maximum Gasteiger partial charge on any atom is 0.247 e. The molecule has 2 unspecified atom stereocenters. The first kappa shape index (κ1) is 28.5. The second-order valence-corrected chi connectivity index (χ2v) is 8.92. The molecule has 0 aliphatic rings. The van der Waals surface area contributed by atoms with E-state index in [4.69, 9.17) is 18.9 Å². The number of nitrogens with one attached hydrogen (secondary N) is 2. The molecule has 0 heterocycles. The van der Waals surface area contributed by atoms with Crippen LogP contribution >= 0.6 is 0 Å². The quantitative estimate of drug-likeness (QED) is 0.344. The topological polar surface area (TPSA) is 95.1 Å². The summed E-state index contributed by atoms with van der Waals surface area (Å²) in [6, 6.07) is 19.7. The van der Waals surface area contributed by atoms with Crippen LogP contribution in [0.25, 0.3) is 0 Å². The monoisotopic (exact) mass is 520 g/mol.